The third-order valence-electron chi connectivity index (χ3n) is 3.89. The highest BCUT2D eigenvalue weighted by Crippen LogP contribution is 2.47. The summed E-state index contributed by atoms with van der Waals surface area (Å²) in [7, 11) is 0. The van der Waals surface area contributed by atoms with Crippen LogP contribution in [0.15, 0.2) is 50.8 Å². The minimum absolute atomic E-state index is 0.130. The highest BCUT2D eigenvalue weighted by molar-refractivity contribution is 8.00. The monoisotopic (exact) mass is 328 g/mol. The second-order valence-corrected chi connectivity index (χ2v) is 7.00. The first kappa shape index (κ1) is 15.9. The second kappa shape index (κ2) is 7.04. The van der Waals surface area contributed by atoms with E-state index < -0.39 is 0 Å². The number of hydrogen-bond donors (Lipinski definition) is 1. The van der Waals surface area contributed by atoms with Gasteiger partial charge in [-0.3, -0.25) is 4.79 Å². The number of carbonyl (C=O) groups excluding carboxylic acids is 1. The van der Waals surface area contributed by atoms with Gasteiger partial charge in [-0.15, -0.1) is 11.8 Å². The summed E-state index contributed by atoms with van der Waals surface area (Å²) in [5, 5.41) is 3.95. The molecule has 4 nitrogen and oxygen atoms in total. The zero-order valence-electron chi connectivity index (χ0n) is 13.3. The molecule has 1 amide bonds. The number of furan rings is 1. The van der Waals surface area contributed by atoms with Crippen LogP contribution in [-0.2, 0) is 4.79 Å². The summed E-state index contributed by atoms with van der Waals surface area (Å²) in [6.45, 7) is 4.26. The molecule has 1 aliphatic rings. The van der Waals surface area contributed by atoms with E-state index in [9.17, 15) is 4.79 Å². The van der Waals surface area contributed by atoms with Crippen LogP contribution in [0.3, 0.4) is 0 Å². The molecule has 0 radical (unpaired) electrons. The number of hydrogen-bond acceptors (Lipinski definition) is 4. The van der Waals surface area contributed by atoms with Crippen molar-refractivity contribution >= 4 is 23.9 Å². The van der Waals surface area contributed by atoms with Gasteiger partial charge in [-0.25, -0.2) is 5.43 Å². The van der Waals surface area contributed by atoms with E-state index in [1.807, 2.05) is 43.3 Å². The highest BCUT2D eigenvalue weighted by atomic mass is 32.2. The minimum Gasteiger partial charge on any atom is -0.460 e. The maximum Gasteiger partial charge on any atom is 0.250 e. The summed E-state index contributed by atoms with van der Waals surface area (Å²) < 4.78 is 5.69. The van der Waals surface area contributed by atoms with Crippen molar-refractivity contribution in [1.82, 2.24) is 5.43 Å². The number of nitrogens with one attached hydrogen (secondary N) is 1. The Bertz CT molecular complexity index is 706. The lowest BCUT2D eigenvalue weighted by Crippen LogP contribution is -2.19. The van der Waals surface area contributed by atoms with Gasteiger partial charge in [0, 0.05) is 10.8 Å². The Kier molecular flexibility index (Phi) is 4.86. The van der Waals surface area contributed by atoms with Crippen LogP contribution in [0.1, 0.15) is 36.3 Å². The summed E-state index contributed by atoms with van der Waals surface area (Å²) in [4.78, 5) is 12.8. The first-order chi connectivity index (χ1) is 11.1. The third kappa shape index (κ3) is 4.48. The predicted octanol–water partition coefficient (Wildman–Crippen LogP) is 3.95. The van der Waals surface area contributed by atoms with Crippen LogP contribution in [0.5, 0.6) is 0 Å². The minimum atomic E-state index is -0.130. The molecule has 1 heterocycles. The number of aryl methyl sites for hydroxylation is 1. The molecule has 1 fully saturated rings. The van der Waals surface area contributed by atoms with Gasteiger partial charge in [0.15, 0.2) is 0 Å². The van der Waals surface area contributed by atoms with Crippen molar-refractivity contribution in [3.8, 4) is 0 Å². The van der Waals surface area contributed by atoms with Gasteiger partial charge in [0.2, 0.25) is 5.91 Å². The van der Waals surface area contributed by atoms with E-state index in [1.54, 1.807) is 6.21 Å². The number of rotatable bonds is 6. The smallest absolute Gasteiger partial charge is 0.250 e. The van der Waals surface area contributed by atoms with Crippen molar-refractivity contribution in [3.63, 3.8) is 0 Å². The van der Waals surface area contributed by atoms with Gasteiger partial charge in [0.05, 0.1) is 12.0 Å². The lowest BCUT2D eigenvalue weighted by atomic mass is 10.2. The first-order valence-corrected chi connectivity index (χ1v) is 8.71. The van der Waals surface area contributed by atoms with Crippen LogP contribution in [0.2, 0.25) is 0 Å². The van der Waals surface area contributed by atoms with Crippen LogP contribution in [-0.4, -0.2) is 17.9 Å². The molecule has 120 valence electrons. The van der Waals surface area contributed by atoms with Gasteiger partial charge < -0.3 is 4.42 Å². The summed E-state index contributed by atoms with van der Waals surface area (Å²) in [6, 6.07) is 12.0. The van der Waals surface area contributed by atoms with E-state index in [0.29, 0.717) is 23.3 Å². The molecule has 2 atom stereocenters. The topological polar surface area (TPSA) is 54.6 Å². The van der Waals surface area contributed by atoms with Crippen molar-refractivity contribution in [2.75, 3.05) is 5.75 Å². The quantitative estimate of drug-likeness (QED) is 0.496. The normalized spacial score (nSPS) is 19.9. The molecule has 0 saturated heterocycles. The maximum atomic E-state index is 11.8. The molecular formula is C18H20N2O2S. The van der Waals surface area contributed by atoms with E-state index in [1.165, 1.54) is 23.7 Å². The largest absolute Gasteiger partial charge is 0.460 e. The van der Waals surface area contributed by atoms with Crippen molar-refractivity contribution in [2.24, 2.45) is 11.0 Å². The van der Waals surface area contributed by atoms with Crippen LogP contribution in [0.25, 0.3) is 0 Å². The number of nitrogens with zero attached hydrogens (tertiary/aromatic N) is 1. The lowest BCUT2D eigenvalue weighted by Gasteiger charge is -2.01. The zero-order valence-corrected chi connectivity index (χ0v) is 14.1. The number of benzene rings is 1. The van der Waals surface area contributed by atoms with E-state index in [4.69, 9.17) is 4.42 Å². The molecule has 2 aromatic rings. The molecule has 0 spiro atoms. The molecular weight excluding hydrogens is 308 g/mol. The van der Waals surface area contributed by atoms with Crippen LogP contribution >= 0.6 is 11.8 Å². The van der Waals surface area contributed by atoms with Gasteiger partial charge in [-0.2, -0.15) is 5.10 Å². The Balaban J connectivity index is 1.43. The standard InChI is InChI=1S/C18H20N2O2S/c1-12-3-6-15(7-4-12)23-11-18(21)20-19-10-14-5-8-17(22-14)16-9-13(16)2/h3-8,10,13,16H,9,11H2,1-2H3,(H,20,21)/b19-10-/t13-,16-/m1/s1. The van der Waals surface area contributed by atoms with Crippen LogP contribution < -0.4 is 5.43 Å². The van der Waals surface area contributed by atoms with E-state index in [-0.39, 0.29) is 5.91 Å². The summed E-state index contributed by atoms with van der Waals surface area (Å²) in [5.74, 6) is 3.16. The molecule has 1 aromatic carbocycles. The molecule has 5 heteroatoms. The molecule has 3 rings (SSSR count). The van der Waals surface area contributed by atoms with Gasteiger partial charge in [-0.1, -0.05) is 24.6 Å². The fourth-order valence-corrected chi connectivity index (χ4v) is 3.03. The average Bonchev–Trinajstić information content (AvgIpc) is 3.08. The Labute approximate surface area is 140 Å². The summed E-state index contributed by atoms with van der Waals surface area (Å²) in [5.41, 5.74) is 3.74. The predicted molar refractivity (Wildman–Crippen MR) is 92.9 cm³/mol. The zero-order chi connectivity index (χ0) is 16.2. The first-order valence-electron chi connectivity index (χ1n) is 7.73. The number of thioether (sulfide) groups is 1. The van der Waals surface area contributed by atoms with Crippen molar-refractivity contribution in [3.05, 3.63) is 53.5 Å². The van der Waals surface area contributed by atoms with Crippen molar-refractivity contribution in [1.29, 1.82) is 0 Å². The maximum absolute atomic E-state index is 11.8. The Morgan fingerprint density at radius 2 is 2.09 bits per heavy atom. The Hall–Kier alpha value is -2.01. The Morgan fingerprint density at radius 1 is 1.35 bits per heavy atom. The second-order valence-electron chi connectivity index (χ2n) is 5.95. The molecule has 0 unspecified atom stereocenters. The number of carbonyl (C=O) groups is 1. The third-order valence-corrected chi connectivity index (χ3v) is 4.91. The van der Waals surface area contributed by atoms with E-state index in [0.717, 1.165) is 10.7 Å². The van der Waals surface area contributed by atoms with E-state index >= 15 is 0 Å². The lowest BCUT2D eigenvalue weighted by molar-refractivity contribution is -0.118. The van der Waals surface area contributed by atoms with Gasteiger partial charge in [0.25, 0.3) is 0 Å². The summed E-state index contributed by atoms with van der Waals surface area (Å²) >= 11 is 1.49. The highest BCUT2D eigenvalue weighted by Gasteiger charge is 2.36. The number of amides is 1. The molecule has 23 heavy (non-hydrogen) atoms. The van der Waals surface area contributed by atoms with Crippen molar-refractivity contribution < 1.29 is 9.21 Å². The number of hydrazone groups is 1. The average molecular weight is 328 g/mol. The van der Waals surface area contributed by atoms with Crippen molar-refractivity contribution in [2.45, 2.75) is 31.1 Å². The fraction of sp³-hybridized carbons (Fsp3) is 0.333. The van der Waals surface area contributed by atoms with Crippen LogP contribution in [0, 0.1) is 12.8 Å². The molecule has 1 aliphatic carbocycles. The molecule has 1 aromatic heterocycles. The molecule has 0 bridgehead atoms. The van der Waals surface area contributed by atoms with Gasteiger partial charge in [0.1, 0.15) is 11.5 Å². The van der Waals surface area contributed by atoms with Gasteiger partial charge >= 0.3 is 0 Å². The van der Waals surface area contributed by atoms with Crippen LogP contribution in [0.4, 0.5) is 0 Å². The Morgan fingerprint density at radius 3 is 2.78 bits per heavy atom. The fourth-order valence-electron chi connectivity index (χ4n) is 2.34. The van der Waals surface area contributed by atoms with E-state index in [2.05, 4.69) is 17.5 Å². The SMILES string of the molecule is Cc1ccc(SCC(=O)N/N=C\c2ccc([C@@H]3C[C@H]3C)o2)cc1. The molecule has 1 N–H and O–H groups in total. The summed E-state index contributed by atoms with van der Waals surface area (Å²) in [6.07, 6.45) is 2.74. The molecule has 0 aliphatic heterocycles. The molecule has 1 saturated carbocycles. The van der Waals surface area contributed by atoms with Gasteiger partial charge in [-0.05, 0) is 43.5 Å².